The van der Waals surface area contributed by atoms with Gasteiger partial charge in [-0.15, -0.1) is 0 Å². The van der Waals surface area contributed by atoms with Gasteiger partial charge in [-0.3, -0.25) is 4.90 Å². The van der Waals surface area contributed by atoms with Gasteiger partial charge in [-0.1, -0.05) is 66.7 Å². The van der Waals surface area contributed by atoms with Crippen LogP contribution in [0, 0.1) is 0 Å². The lowest BCUT2D eigenvalue weighted by atomic mass is 9.72. The molecule has 0 aliphatic carbocycles. The zero-order valence-corrected chi connectivity index (χ0v) is 14.1. The van der Waals surface area contributed by atoms with Crippen molar-refractivity contribution in [1.29, 1.82) is 0 Å². The first-order valence-corrected chi connectivity index (χ1v) is 8.46. The second-order valence-electron chi connectivity index (χ2n) is 6.70. The second-order valence-corrected chi connectivity index (χ2v) is 6.70. The first-order valence-electron chi connectivity index (χ1n) is 8.46. The molecular formula is C22H21NO2. The molecule has 0 aromatic heterocycles. The average molecular weight is 331 g/mol. The maximum absolute atomic E-state index is 12.0. The summed E-state index contributed by atoms with van der Waals surface area (Å²) in [6, 6.07) is 24.8. The molecule has 0 fully saturated rings. The lowest BCUT2D eigenvalue weighted by Gasteiger charge is -2.47. The number of fused-ring (bicyclic) bond motifs is 1. The van der Waals surface area contributed by atoms with E-state index in [1.807, 2.05) is 43.4 Å². The highest BCUT2D eigenvalue weighted by atomic mass is 16.3. The molecule has 4 rings (SSSR count). The minimum absolute atomic E-state index is 0.195. The fourth-order valence-electron chi connectivity index (χ4n) is 4.02. The Kier molecular flexibility index (Phi) is 3.83. The molecule has 3 heteroatoms. The monoisotopic (exact) mass is 331 g/mol. The molecular weight excluding hydrogens is 310 g/mol. The fourth-order valence-corrected chi connectivity index (χ4v) is 4.02. The van der Waals surface area contributed by atoms with Crippen molar-refractivity contribution in [2.45, 2.75) is 18.2 Å². The molecule has 2 N–H and O–H groups in total. The molecule has 0 amide bonds. The molecule has 2 atom stereocenters. The van der Waals surface area contributed by atoms with Crippen molar-refractivity contribution >= 4 is 0 Å². The molecule has 1 aliphatic heterocycles. The summed E-state index contributed by atoms with van der Waals surface area (Å²) in [6.45, 7) is 0.774. The number of hydrogen-bond acceptors (Lipinski definition) is 3. The van der Waals surface area contributed by atoms with Gasteiger partial charge in [0, 0.05) is 6.54 Å². The highest BCUT2D eigenvalue weighted by molar-refractivity contribution is 5.48. The van der Waals surface area contributed by atoms with E-state index < -0.39 is 5.60 Å². The molecule has 0 saturated carbocycles. The van der Waals surface area contributed by atoms with Gasteiger partial charge in [0.1, 0.15) is 11.4 Å². The molecule has 3 aromatic carbocycles. The Labute approximate surface area is 147 Å². The topological polar surface area (TPSA) is 43.7 Å². The minimum atomic E-state index is -1.20. The van der Waals surface area contributed by atoms with Crippen molar-refractivity contribution in [2.24, 2.45) is 0 Å². The van der Waals surface area contributed by atoms with Gasteiger partial charge in [0.05, 0.1) is 6.04 Å². The van der Waals surface area contributed by atoms with Crippen LogP contribution in [0.3, 0.4) is 0 Å². The molecule has 1 aliphatic rings. The molecule has 0 spiro atoms. The van der Waals surface area contributed by atoms with Gasteiger partial charge < -0.3 is 10.2 Å². The van der Waals surface area contributed by atoms with E-state index >= 15 is 0 Å². The molecule has 0 unspecified atom stereocenters. The van der Waals surface area contributed by atoms with Crippen LogP contribution in [-0.4, -0.2) is 22.2 Å². The first kappa shape index (κ1) is 15.9. The molecule has 3 aromatic rings. The van der Waals surface area contributed by atoms with E-state index in [0.29, 0.717) is 0 Å². The SMILES string of the molecule is CN1Cc2ccccc2[C@](O)(c2ccc(O)cc2)[C@H]1c1ccccc1. The van der Waals surface area contributed by atoms with Crippen LogP contribution < -0.4 is 0 Å². The predicted octanol–water partition coefficient (Wildman–Crippen LogP) is 3.81. The Hall–Kier alpha value is -2.62. The summed E-state index contributed by atoms with van der Waals surface area (Å²) >= 11 is 0. The summed E-state index contributed by atoms with van der Waals surface area (Å²) in [5.74, 6) is 0.195. The third kappa shape index (κ3) is 2.53. The number of aromatic hydroxyl groups is 1. The van der Waals surface area contributed by atoms with Gasteiger partial charge in [-0.25, -0.2) is 0 Å². The Morgan fingerprint density at radius 1 is 0.880 bits per heavy atom. The number of phenolic OH excluding ortho intramolecular Hbond substituents is 1. The zero-order valence-electron chi connectivity index (χ0n) is 14.1. The van der Waals surface area contributed by atoms with E-state index in [4.69, 9.17) is 0 Å². The summed E-state index contributed by atoms with van der Waals surface area (Å²) in [5, 5.41) is 21.7. The Balaban J connectivity index is 1.98. The summed E-state index contributed by atoms with van der Waals surface area (Å²) in [7, 11) is 2.04. The number of aliphatic hydroxyl groups is 1. The lowest BCUT2D eigenvalue weighted by molar-refractivity contribution is -0.0302. The highest BCUT2D eigenvalue weighted by Crippen LogP contribution is 2.48. The van der Waals surface area contributed by atoms with Crippen LogP contribution in [-0.2, 0) is 12.1 Å². The molecule has 3 nitrogen and oxygen atoms in total. The minimum Gasteiger partial charge on any atom is -0.508 e. The second kappa shape index (κ2) is 6.03. The number of benzene rings is 3. The van der Waals surface area contributed by atoms with E-state index in [1.165, 1.54) is 0 Å². The van der Waals surface area contributed by atoms with E-state index in [9.17, 15) is 10.2 Å². The lowest BCUT2D eigenvalue weighted by Crippen LogP contribution is -2.47. The van der Waals surface area contributed by atoms with Crippen molar-refractivity contribution in [1.82, 2.24) is 4.90 Å². The normalized spacial score (nSPS) is 23.2. The summed E-state index contributed by atoms with van der Waals surface area (Å²) in [5.41, 5.74) is 2.69. The van der Waals surface area contributed by atoms with Crippen molar-refractivity contribution < 1.29 is 10.2 Å². The number of nitrogens with zero attached hydrogens (tertiary/aromatic N) is 1. The average Bonchev–Trinajstić information content (AvgIpc) is 2.63. The van der Waals surface area contributed by atoms with Crippen LogP contribution in [0.25, 0.3) is 0 Å². The third-order valence-corrected chi connectivity index (χ3v) is 5.11. The Morgan fingerprint density at radius 2 is 1.52 bits per heavy atom. The van der Waals surface area contributed by atoms with E-state index in [1.54, 1.807) is 24.3 Å². The largest absolute Gasteiger partial charge is 0.508 e. The highest BCUT2D eigenvalue weighted by Gasteiger charge is 2.47. The van der Waals surface area contributed by atoms with Crippen molar-refractivity contribution in [3.63, 3.8) is 0 Å². The summed E-state index contributed by atoms with van der Waals surface area (Å²) < 4.78 is 0. The molecule has 126 valence electrons. The van der Waals surface area contributed by atoms with Crippen LogP contribution in [0.15, 0.2) is 78.9 Å². The van der Waals surface area contributed by atoms with Crippen molar-refractivity contribution in [3.05, 3.63) is 101 Å². The molecule has 0 bridgehead atoms. The predicted molar refractivity (Wildman–Crippen MR) is 98.2 cm³/mol. The van der Waals surface area contributed by atoms with Crippen LogP contribution in [0.1, 0.15) is 28.3 Å². The standard InChI is InChI=1S/C22H21NO2/c1-23-15-17-9-5-6-10-20(17)22(25,18-11-13-19(24)14-12-18)21(23)16-7-3-2-4-8-16/h2-14,21,24-25H,15H2,1H3/t21-,22-/m1/s1. The van der Waals surface area contributed by atoms with Gasteiger partial charge in [0.15, 0.2) is 0 Å². The Morgan fingerprint density at radius 3 is 2.24 bits per heavy atom. The van der Waals surface area contributed by atoms with Gasteiger partial charge in [0.25, 0.3) is 0 Å². The fraction of sp³-hybridized carbons (Fsp3) is 0.182. The number of rotatable bonds is 2. The van der Waals surface area contributed by atoms with Crippen LogP contribution in [0.5, 0.6) is 5.75 Å². The van der Waals surface area contributed by atoms with Crippen molar-refractivity contribution in [3.8, 4) is 5.75 Å². The van der Waals surface area contributed by atoms with E-state index in [2.05, 4.69) is 23.1 Å². The zero-order chi connectivity index (χ0) is 17.4. The van der Waals surface area contributed by atoms with Gasteiger partial charge >= 0.3 is 0 Å². The number of phenols is 1. The summed E-state index contributed by atoms with van der Waals surface area (Å²) in [6.07, 6.45) is 0. The smallest absolute Gasteiger partial charge is 0.134 e. The molecule has 0 saturated heterocycles. The van der Waals surface area contributed by atoms with Crippen LogP contribution in [0.2, 0.25) is 0 Å². The van der Waals surface area contributed by atoms with Gasteiger partial charge in [-0.2, -0.15) is 0 Å². The number of likely N-dealkylation sites (N-methyl/N-ethyl adjacent to an activating group) is 1. The van der Waals surface area contributed by atoms with Gasteiger partial charge in [0.2, 0.25) is 0 Å². The quantitative estimate of drug-likeness (QED) is 0.750. The van der Waals surface area contributed by atoms with Crippen molar-refractivity contribution in [2.75, 3.05) is 7.05 Å². The maximum atomic E-state index is 12.0. The summed E-state index contributed by atoms with van der Waals surface area (Å²) in [4.78, 5) is 2.19. The van der Waals surface area contributed by atoms with Crippen LogP contribution in [0.4, 0.5) is 0 Å². The van der Waals surface area contributed by atoms with Gasteiger partial charge in [-0.05, 0) is 41.4 Å². The maximum Gasteiger partial charge on any atom is 0.134 e. The molecule has 1 heterocycles. The first-order chi connectivity index (χ1) is 12.1. The van der Waals surface area contributed by atoms with Crippen LogP contribution >= 0.6 is 0 Å². The van der Waals surface area contributed by atoms with E-state index in [0.717, 1.165) is 28.8 Å². The molecule has 25 heavy (non-hydrogen) atoms. The number of hydrogen-bond donors (Lipinski definition) is 2. The van der Waals surface area contributed by atoms with E-state index in [-0.39, 0.29) is 11.8 Å². The molecule has 0 radical (unpaired) electrons. The Bertz CT molecular complexity index is 876. The third-order valence-electron chi connectivity index (χ3n) is 5.11.